The molecule has 248 valence electrons. The van der Waals surface area contributed by atoms with Crippen molar-refractivity contribution in [2.75, 3.05) is 18.0 Å². The molecule has 0 saturated carbocycles. The van der Waals surface area contributed by atoms with Crippen LogP contribution < -0.4 is 10.5 Å². The van der Waals surface area contributed by atoms with Crippen LogP contribution in [-0.2, 0) is 6.42 Å². The highest BCUT2D eigenvalue weighted by Crippen LogP contribution is 2.29. The summed E-state index contributed by atoms with van der Waals surface area (Å²) in [6, 6.07) is 15.5. The number of para-hydroxylation sites is 1. The zero-order valence-electron chi connectivity index (χ0n) is 28.1. The van der Waals surface area contributed by atoms with Gasteiger partial charge in [0.05, 0.1) is 11.3 Å². The predicted octanol–water partition coefficient (Wildman–Crippen LogP) is 10.2. The highest BCUT2D eigenvalue weighted by molar-refractivity contribution is 5.90. The normalized spacial score (nSPS) is 12.5. The predicted molar refractivity (Wildman–Crippen MR) is 192 cm³/mol. The van der Waals surface area contributed by atoms with E-state index in [1.807, 2.05) is 12.1 Å². The Kier molecular flexibility index (Phi) is 15.0. The molecule has 1 aromatic heterocycles. The van der Waals surface area contributed by atoms with Crippen molar-refractivity contribution in [1.29, 1.82) is 0 Å². The number of aromatic carboxylic acids is 1. The number of aromatic nitrogens is 2. The summed E-state index contributed by atoms with van der Waals surface area (Å²) in [5.41, 5.74) is 6.83. The number of carbonyl (C=O) groups is 1. The summed E-state index contributed by atoms with van der Waals surface area (Å²) in [5, 5.41) is 12.4. The maximum absolute atomic E-state index is 13.0. The van der Waals surface area contributed by atoms with Gasteiger partial charge >= 0.3 is 5.97 Å². The number of nitrogens with one attached hydrogen (secondary N) is 1. The van der Waals surface area contributed by atoms with Gasteiger partial charge in [-0.1, -0.05) is 128 Å². The first-order valence-corrected chi connectivity index (χ1v) is 18.0. The number of aryl methyl sites for hydroxylation is 1. The molecule has 4 rings (SSSR count). The Bertz CT molecular complexity index is 1460. The van der Waals surface area contributed by atoms with Gasteiger partial charge in [-0.05, 0) is 66.8 Å². The summed E-state index contributed by atoms with van der Waals surface area (Å²) in [5.74, 6) is -1.18. The molecule has 1 aliphatic rings. The number of hydrogen-bond donors (Lipinski definition) is 2. The Morgan fingerprint density at radius 3 is 2.04 bits per heavy atom. The largest absolute Gasteiger partial charge is 0.477 e. The first-order valence-electron chi connectivity index (χ1n) is 18.0. The Labute approximate surface area is 276 Å². The minimum absolute atomic E-state index is 0.0792. The van der Waals surface area contributed by atoms with Gasteiger partial charge in [0.15, 0.2) is 5.69 Å². The lowest BCUT2D eigenvalue weighted by Gasteiger charge is -2.31. The van der Waals surface area contributed by atoms with Crippen LogP contribution in [0.15, 0.2) is 59.1 Å². The third-order valence-electron chi connectivity index (χ3n) is 9.23. The first-order chi connectivity index (χ1) is 22.6. The molecule has 0 aliphatic carbocycles. The molecule has 0 fully saturated rings. The van der Waals surface area contributed by atoms with Gasteiger partial charge in [-0.3, -0.25) is 9.89 Å². The second-order valence-electron chi connectivity index (χ2n) is 12.9. The summed E-state index contributed by atoms with van der Waals surface area (Å²) in [4.78, 5) is 27.4. The number of carboxylic acids is 1. The van der Waals surface area contributed by atoms with E-state index in [2.05, 4.69) is 40.9 Å². The summed E-state index contributed by atoms with van der Waals surface area (Å²) in [6.07, 6.45) is 27.7. The fourth-order valence-corrected chi connectivity index (χ4v) is 6.60. The summed E-state index contributed by atoms with van der Waals surface area (Å²) >= 11 is 0. The average molecular weight is 626 g/mol. The number of anilines is 1. The molecule has 0 bridgehead atoms. The van der Waals surface area contributed by atoms with Crippen molar-refractivity contribution in [3.8, 4) is 5.69 Å². The standard InChI is InChI=1S/C40H55N3O3/c1-2-3-4-5-6-7-8-9-10-11-12-13-14-15-16-20-30-42-31-22-24-34-32-33(28-29-37(34)42)23-21-27-36-38(40(45)46)41-43(39(36)44)35-25-18-17-19-26-35/h17-19,23,25-29,32,41H,2-16,20,22,24,30-31H2,1H3,(H,45,46). The van der Waals surface area contributed by atoms with E-state index in [0.29, 0.717) is 5.69 Å². The van der Waals surface area contributed by atoms with E-state index in [1.165, 1.54) is 125 Å². The first kappa shape index (κ1) is 35.1. The van der Waals surface area contributed by atoms with E-state index < -0.39 is 11.5 Å². The molecular formula is C40H55N3O3. The Balaban J connectivity index is 1.18. The molecule has 0 unspecified atom stereocenters. The van der Waals surface area contributed by atoms with E-state index in [-0.39, 0.29) is 11.3 Å². The molecule has 0 saturated heterocycles. The van der Waals surface area contributed by atoms with Crippen LogP contribution in [0.3, 0.4) is 0 Å². The molecular weight excluding hydrogens is 570 g/mol. The molecule has 2 aromatic carbocycles. The van der Waals surface area contributed by atoms with E-state index in [9.17, 15) is 14.7 Å². The van der Waals surface area contributed by atoms with Gasteiger partial charge in [0.1, 0.15) is 0 Å². The third kappa shape index (κ3) is 10.9. The lowest BCUT2D eigenvalue weighted by molar-refractivity contribution is 0.0689. The topological polar surface area (TPSA) is 78.3 Å². The second kappa shape index (κ2) is 19.7. The van der Waals surface area contributed by atoms with E-state index in [0.717, 1.165) is 31.5 Å². The van der Waals surface area contributed by atoms with Crippen molar-refractivity contribution in [1.82, 2.24) is 9.78 Å². The van der Waals surface area contributed by atoms with Gasteiger partial charge < -0.3 is 10.0 Å². The lowest BCUT2D eigenvalue weighted by Crippen LogP contribution is -2.30. The zero-order chi connectivity index (χ0) is 32.4. The number of nitrogens with zero attached hydrogens (tertiary/aromatic N) is 2. The molecule has 1 aliphatic heterocycles. The number of aromatic amines is 1. The number of benzene rings is 2. The maximum Gasteiger partial charge on any atom is 0.354 e. The van der Waals surface area contributed by atoms with Crippen LogP contribution in [0.25, 0.3) is 17.8 Å². The Morgan fingerprint density at radius 2 is 1.43 bits per heavy atom. The maximum atomic E-state index is 13.0. The lowest BCUT2D eigenvalue weighted by atomic mass is 9.98. The molecule has 46 heavy (non-hydrogen) atoms. The fourth-order valence-electron chi connectivity index (χ4n) is 6.60. The number of fused-ring (bicyclic) bond motifs is 1. The second-order valence-corrected chi connectivity index (χ2v) is 12.9. The number of hydrogen-bond acceptors (Lipinski definition) is 3. The average Bonchev–Trinajstić information content (AvgIpc) is 3.40. The van der Waals surface area contributed by atoms with Crippen molar-refractivity contribution in [2.24, 2.45) is 0 Å². The highest BCUT2D eigenvalue weighted by Gasteiger charge is 2.19. The molecule has 6 nitrogen and oxygen atoms in total. The number of carboxylic acid groups (broad SMARTS) is 1. The Hall–Kier alpha value is -3.76. The minimum Gasteiger partial charge on any atom is -0.477 e. The number of rotatable bonds is 21. The van der Waals surface area contributed by atoms with Crippen molar-refractivity contribution in [2.45, 2.75) is 122 Å². The smallest absolute Gasteiger partial charge is 0.354 e. The molecule has 0 amide bonds. The molecule has 0 radical (unpaired) electrons. The molecule has 3 aromatic rings. The van der Waals surface area contributed by atoms with Crippen LogP contribution in [0.5, 0.6) is 0 Å². The van der Waals surface area contributed by atoms with Gasteiger partial charge in [-0.25, -0.2) is 9.48 Å². The van der Waals surface area contributed by atoms with Crippen LogP contribution in [0.4, 0.5) is 5.69 Å². The van der Waals surface area contributed by atoms with Gasteiger partial charge in [-0.2, -0.15) is 0 Å². The monoisotopic (exact) mass is 625 g/mol. The summed E-state index contributed by atoms with van der Waals surface area (Å²) in [7, 11) is 0. The summed E-state index contributed by atoms with van der Waals surface area (Å²) in [6.45, 7) is 4.51. The molecule has 2 N–H and O–H groups in total. The number of unbranched alkanes of at least 4 members (excludes halogenated alkanes) is 15. The molecule has 2 heterocycles. The van der Waals surface area contributed by atoms with Crippen LogP contribution in [0, 0.1) is 0 Å². The van der Waals surface area contributed by atoms with Crippen molar-refractivity contribution < 1.29 is 9.90 Å². The zero-order valence-corrected chi connectivity index (χ0v) is 28.1. The minimum atomic E-state index is -1.18. The SMILES string of the molecule is CCCCCCCCCCCCCCCCCCN1CCCc2cc(C=C=Cc3c(C(=O)O)[nH]n(-c4ccccc4)c3=O)ccc21. The number of H-pyrrole nitrogens is 1. The van der Waals surface area contributed by atoms with Crippen molar-refractivity contribution in [3.63, 3.8) is 0 Å². The summed E-state index contributed by atoms with van der Waals surface area (Å²) < 4.78 is 1.25. The fraction of sp³-hybridized carbons (Fsp3) is 0.525. The molecule has 0 spiro atoms. The van der Waals surface area contributed by atoms with Gasteiger partial charge in [0.25, 0.3) is 5.56 Å². The van der Waals surface area contributed by atoms with E-state index in [4.69, 9.17) is 0 Å². The van der Waals surface area contributed by atoms with Crippen LogP contribution >= 0.6 is 0 Å². The Morgan fingerprint density at radius 1 is 0.826 bits per heavy atom. The van der Waals surface area contributed by atoms with Gasteiger partial charge in [0.2, 0.25) is 0 Å². The van der Waals surface area contributed by atoms with Crippen LogP contribution in [0.1, 0.15) is 143 Å². The van der Waals surface area contributed by atoms with Crippen molar-refractivity contribution >= 4 is 23.8 Å². The molecule has 6 heteroatoms. The molecule has 0 atom stereocenters. The van der Waals surface area contributed by atoms with Gasteiger partial charge in [-0.15, -0.1) is 5.73 Å². The van der Waals surface area contributed by atoms with E-state index >= 15 is 0 Å². The van der Waals surface area contributed by atoms with Crippen molar-refractivity contribution in [3.05, 3.63) is 87.0 Å². The quantitative estimate of drug-likeness (QED) is 0.0912. The van der Waals surface area contributed by atoms with Gasteiger partial charge in [0, 0.05) is 18.8 Å². The van der Waals surface area contributed by atoms with Crippen LogP contribution in [-0.4, -0.2) is 33.9 Å². The van der Waals surface area contributed by atoms with Crippen LogP contribution in [0.2, 0.25) is 0 Å². The highest BCUT2D eigenvalue weighted by atomic mass is 16.4. The third-order valence-corrected chi connectivity index (χ3v) is 9.23. The van der Waals surface area contributed by atoms with E-state index in [1.54, 1.807) is 24.3 Å².